The maximum absolute atomic E-state index is 12.8. The molecule has 3 heterocycles. The fraction of sp³-hybridized carbons (Fsp3) is 0.368. The summed E-state index contributed by atoms with van der Waals surface area (Å²) in [5.41, 5.74) is 0.670. The standard InChI is InChI=1S/C19H21ClN6O2S/c1-2-24-7-9-25(10-8-24)19-23-17-16(29-19)18(28)26(12-21-17)11-15(27)22-14-6-4-3-5-13(14)20/h3-6,12H,2,7-11H2,1H3,(H,22,27). The smallest absolute Gasteiger partial charge is 0.273 e. The van der Waals surface area contributed by atoms with Crippen molar-refractivity contribution in [3.05, 3.63) is 46.0 Å². The van der Waals surface area contributed by atoms with Crippen LogP contribution < -0.4 is 15.8 Å². The van der Waals surface area contributed by atoms with Crippen LogP contribution in [0.25, 0.3) is 10.3 Å². The van der Waals surface area contributed by atoms with Crippen LogP contribution >= 0.6 is 22.9 Å². The van der Waals surface area contributed by atoms with Crippen molar-refractivity contribution >= 4 is 50.0 Å². The van der Waals surface area contributed by atoms with Crippen LogP contribution in [0.1, 0.15) is 6.92 Å². The van der Waals surface area contributed by atoms with Crippen molar-refractivity contribution in [2.24, 2.45) is 0 Å². The number of piperazine rings is 1. The number of hydrogen-bond acceptors (Lipinski definition) is 7. The van der Waals surface area contributed by atoms with E-state index in [0.717, 1.165) is 37.9 Å². The van der Waals surface area contributed by atoms with Gasteiger partial charge in [0, 0.05) is 26.2 Å². The molecule has 1 aliphatic heterocycles. The Bertz CT molecular complexity index is 1090. The van der Waals surface area contributed by atoms with Gasteiger partial charge in [-0.25, -0.2) is 4.98 Å². The first-order chi connectivity index (χ1) is 14.0. The fourth-order valence-corrected chi connectivity index (χ4v) is 4.45. The van der Waals surface area contributed by atoms with Gasteiger partial charge in [0.05, 0.1) is 10.7 Å². The van der Waals surface area contributed by atoms with Gasteiger partial charge in [-0.15, -0.1) is 0 Å². The van der Waals surface area contributed by atoms with E-state index in [-0.39, 0.29) is 18.0 Å². The molecular formula is C19H21ClN6O2S. The molecule has 0 saturated carbocycles. The summed E-state index contributed by atoms with van der Waals surface area (Å²) < 4.78 is 1.76. The number of thiazole rings is 1. The molecule has 0 atom stereocenters. The normalized spacial score (nSPS) is 15.0. The highest BCUT2D eigenvalue weighted by Crippen LogP contribution is 2.26. The second-order valence-corrected chi connectivity index (χ2v) is 8.16. The maximum Gasteiger partial charge on any atom is 0.273 e. The van der Waals surface area contributed by atoms with Gasteiger partial charge in [-0.2, -0.15) is 4.98 Å². The number of carbonyl (C=O) groups is 1. The lowest BCUT2D eigenvalue weighted by Crippen LogP contribution is -2.46. The van der Waals surface area contributed by atoms with Crippen molar-refractivity contribution in [1.29, 1.82) is 0 Å². The van der Waals surface area contributed by atoms with Gasteiger partial charge in [0.25, 0.3) is 5.56 Å². The average molecular weight is 433 g/mol. The summed E-state index contributed by atoms with van der Waals surface area (Å²) in [4.78, 5) is 38.6. The first kappa shape index (κ1) is 19.8. The quantitative estimate of drug-likeness (QED) is 0.666. The number of halogens is 1. The molecule has 0 unspecified atom stereocenters. The van der Waals surface area contributed by atoms with Crippen molar-refractivity contribution in [3.8, 4) is 0 Å². The fourth-order valence-electron chi connectivity index (χ4n) is 3.25. The molecule has 0 radical (unpaired) electrons. The van der Waals surface area contributed by atoms with Crippen molar-refractivity contribution in [2.45, 2.75) is 13.5 Å². The number of para-hydroxylation sites is 1. The predicted molar refractivity (Wildman–Crippen MR) is 116 cm³/mol. The molecule has 0 bridgehead atoms. The molecule has 0 aliphatic carbocycles. The number of aromatic nitrogens is 3. The third-order valence-corrected chi connectivity index (χ3v) is 6.35. The third kappa shape index (κ3) is 4.26. The highest BCUT2D eigenvalue weighted by Gasteiger charge is 2.20. The Morgan fingerprint density at radius 1 is 1.24 bits per heavy atom. The number of hydrogen-bond donors (Lipinski definition) is 1. The molecule has 1 N–H and O–H groups in total. The van der Waals surface area contributed by atoms with Crippen LogP contribution in [-0.2, 0) is 11.3 Å². The molecule has 8 nitrogen and oxygen atoms in total. The summed E-state index contributed by atoms with van der Waals surface area (Å²) in [5.74, 6) is -0.346. The number of likely N-dealkylation sites (N-methyl/N-ethyl adjacent to an activating group) is 1. The minimum atomic E-state index is -0.346. The molecule has 1 amide bonds. The van der Waals surface area contributed by atoms with E-state index in [1.54, 1.807) is 24.3 Å². The predicted octanol–water partition coefficient (Wildman–Crippen LogP) is 2.29. The number of anilines is 2. The molecule has 0 spiro atoms. The van der Waals surface area contributed by atoms with Crippen LogP contribution in [0.4, 0.5) is 10.8 Å². The summed E-state index contributed by atoms with van der Waals surface area (Å²) in [6.45, 7) is 6.76. The second-order valence-electron chi connectivity index (χ2n) is 6.78. The zero-order valence-electron chi connectivity index (χ0n) is 16.0. The maximum atomic E-state index is 12.8. The molecule has 1 fully saturated rings. The Hall–Kier alpha value is -2.49. The van der Waals surface area contributed by atoms with E-state index in [1.807, 2.05) is 0 Å². The van der Waals surface area contributed by atoms with Gasteiger partial charge in [-0.3, -0.25) is 14.2 Å². The third-order valence-electron chi connectivity index (χ3n) is 4.92. The van der Waals surface area contributed by atoms with Crippen molar-refractivity contribution < 1.29 is 4.79 Å². The Kier molecular flexibility index (Phi) is 5.79. The van der Waals surface area contributed by atoms with Crippen molar-refractivity contribution in [1.82, 2.24) is 19.4 Å². The van der Waals surface area contributed by atoms with Crippen LogP contribution in [0.3, 0.4) is 0 Å². The molecule has 152 valence electrons. The minimum Gasteiger partial charge on any atom is -0.345 e. The first-order valence-corrected chi connectivity index (χ1v) is 10.6. The summed E-state index contributed by atoms with van der Waals surface area (Å²) in [6, 6.07) is 6.96. The Morgan fingerprint density at radius 2 is 2.00 bits per heavy atom. The van der Waals surface area contributed by atoms with Crippen molar-refractivity contribution in [2.75, 3.05) is 42.9 Å². The number of fused-ring (bicyclic) bond motifs is 1. The molecule has 1 aliphatic rings. The van der Waals surface area contributed by atoms with Gasteiger partial charge < -0.3 is 15.1 Å². The van der Waals surface area contributed by atoms with Gasteiger partial charge in [0.15, 0.2) is 10.8 Å². The van der Waals surface area contributed by atoms with E-state index in [1.165, 1.54) is 22.2 Å². The summed E-state index contributed by atoms with van der Waals surface area (Å²) >= 11 is 7.40. The van der Waals surface area contributed by atoms with Gasteiger partial charge in [0.1, 0.15) is 17.6 Å². The SMILES string of the molecule is CCN1CCN(c2nc3ncn(CC(=O)Nc4ccccc4Cl)c(=O)c3s2)CC1. The zero-order valence-corrected chi connectivity index (χ0v) is 17.5. The minimum absolute atomic E-state index is 0.143. The van der Waals surface area contributed by atoms with Crippen LogP contribution in [0, 0.1) is 0 Å². The van der Waals surface area contributed by atoms with Crippen LogP contribution in [0.5, 0.6) is 0 Å². The Labute approximate surface area is 176 Å². The lowest BCUT2D eigenvalue weighted by Gasteiger charge is -2.33. The highest BCUT2D eigenvalue weighted by molar-refractivity contribution is 7.22. The number of nitrogens with one attached hydrogen (secondary N) is 1. The number of amides is 1. The molecule has 1 aromatic carbocycles. The van der Waals surface area contributed by atoms with Crippen molar-refractivity contribution in [3.63, 3.8) is 0 Å². The lowest BCUT2D eigenvalue weighted by atomic mass is 10.3. The summed E-state index contributed by atoms with van der Waals surface area (Å²) in [6.07, 6.45) is 1.37. The second kappa shape index (κ2) is 8.48. The molecular weight excluding hydrogens is 412 g/mol. The lowest BCUT2D eigenvalue weighted by molar-refractivity contribution is -0.116. The number of rotatable bonds is 5. The molecule has 2 aromatic heterocycles. The van der Waals surface area contributed by atoms with E-state index in [2.05, 4.69) is 32.0 Å². The van der Waals surface area contributed by atoms with E-state index in [4.69, 9.17) is 11.6 Å². The van der Waals surface area contributed by atoms with E-state index in [0.29, 0.717) is 21.1 Å². The average Bonchev–Trinajstić information content (AvgIpc) is 3.17. The first-order valence-electron chi connectivity index (χ1n) is 9.43. The van der Waals surface area contributed by atoms with Crippen LogP contribution in [0.2, 0.25) is 5.02 Å². The van der Waals surface area contributed by atoms with Gasteiger partial charge >= 0.3 is 0 Å². The largest absolute Gasteiger partial charge is 0.345 e. The van der Waals surface area contributed by atoms with Crippen LogP contribution in [-0.4, -0.2) is 58.1 Å². The van der Waals surface area contributed by atoms with E-state index >= 15 is 0 Å². The molecule has 10 heteroatoms. The number of carbonyl (C=O) groups excluding carboxylic acids is 1. The van der Waals surface area contributed by atoms with Gasteiger partial charge in [-0.1, -0.05) is 42.0 Å². The number of nitrogens with zero attached hydrogens (tertiary/aromatic N) is 5. The summed E-state index contributed by atoms with van der Waals surface area (Å²) in [7, 11) is 0. The van der Waals surface area contributed by atoms with Gasteiger partial charge in [-0.05, 0) is 18.7 Å². The molecule has 3 aromatic rings. The van der Waals surface area contributed by atoms with Crippen LogP contribution in [0.15, 0.2) is 35.4 Å². The van der Waals surface area contributed by atoms with E-state index < -0.39 is 0 Å². The topological polar surface area (TPSA) is 83.4 Å². The van der Waals surface area contributed by atoms with Gasteiger partial charge in [0.2, 0.25) is 5.91 Å². The Balaban J connectivity index is 1.51. The zero-order chi connectivity index (χ0) is 20.4. The molecule has 29 heavy (non-hydrogen) atoms. The summed E-state index contributed by atoms with van der Waals surface area (Å²) in [5, 5.41) is 3.96. The highest BCUT2D eigenvalue weighted by atomic mass is 35.5. The Morgan fingerprint density at radius 3 is 2.72 bits per heavy atom. The number of benzene rings is 1. The monoisotopic (exact) mass is 432 g/mol. The molecule has 1 saturated heterocycles. The van der Waals surface area contributed by atoms with E-state index in [9.17, 15) is 9.59 Å². The molecule has 4 rings (SSSR count).